The smallest absolute Gasteiger partial charge is 0.416 e. The number of rotatable bonds is 4. The first-order chi connectivity index (χ1) is 16.1. The molecule has 1 aliphatic heterocycles. The Kier molecular flexibility index (Phi) is 5.42. The number of benzene rings is 3. The largest absolute Gasteiger partial charge is 0.497 e. The van der Waals surface area contributed by atoms with Gasteiger partial charge in [-0.2, -0.15) is 0 Å². The fraction of sp³-hybridized carbons (Fsp3) is 0.222. The van der Waals surface area contributed by atoms with Crippen LogP contribution in [0.15, 0.2) is 66.7 Å². The number of hydrogen-bond donors (Lipinski definition) is 1. The molecule has 1 unspecified atom stereocenters. The molecule has 1 amide bonds. The van der Waals surface area contributed by atoms with Gasteiger partial charge in [0, 0.05) is 23.1 Å². The first-order valence-electron chi connectivity index (χ1n) is 11.0. The molecule has 0 saturated carbocycles. The number of aromatic nitrogens is 1. The number of aromatic amines is 1. The molecule has 4 aromatic rings. The Morgan fingerprint density at radius 1 is 0.909 bits per heavy atom. The van der Waals surface area contributed by atoms with Crippen molar-refractivity contribution in [3.8, 4) is 17.2 Å². The van der Waals surface area contributed by atoms with E-state index in [4.69, 9.17) is 14.2 Å². The number of fused-ring (bicyclic) bond motifs is 3. The van der Waals surface area contributed by atoms with Crippen molar-refractivity contribution >= 4 is 17.0 Å². The first-order valence-corrected chi connectivity index (χ1v) is 11.0. The van der Waals surface area contributed by atoms with Crippen molar-refractivity contribution in [1.29, 1.82) is 0 Å². The summed E-state index contributed by atoms with van der Waals surface area (Å²) in [6.07, 6.45) is 0.366. The van der Waals surface area contributed by atoms with E-state index in [1.807, 2.05) is 24.3 Å². The number of nitrogens with zero attached hydrogens (tertiary/aromatic N) is 1. The Morgan fingerprint density at radius 3 is 2.21 bits per heavy atom. The van der Waals surface area contributed by atoms with Crippen LogP contribution in [0.3, 0.4) is 0 Å². The third-order valence-corrected chi connectivity index (χ3v) is 6.30. The summed E-state index contributed by atoms with van der Waals surface area (Å²) in [5.74, 6) is 1.96. The average molecular weight is 443 g/mol. The second-order valence-electron chi connectivity index (χ2n) is 8.18. The lowest BCUT2D eigenvalue weighted by Crippen LogP contribution is -2.42. The Bertz CT molecular complexity index is 1290. The molecule has 0 aliphatic carbocycles. The second kappa shape index (κ2) is 8.54. The minimum atomic E-state index is -0.387. The van der Waals surface area contributed by atoms with Crippen LogP contribution < -0.4 is 14.2 Å². The van der Waals surface area contributed by atoms with Crippen molar-refractivity contribution in [2.45, 2.75) is 19.4 Å². The SMILES string of the molecule is COc1ccc(OC(=O)N2CCc3c([nH]c4c(C)cccc34)C2c2ccc(OC)cc2)cc1. The predicted molar refractivity (Wildman–Crippen MR) is 127 cm³/mol. The summed E-state index contributed by atoms with van der Waals surface area (Å²) in [5, 5.41) is 1.21. The number of aryl methyl sites for hydroxylation is 1. The Balaban J connectivity index is 1.55. The van der Waals surface area contributed by atoms with Crippen LogP contribution in [0.25, 0.3) is 10.9 Å². The fourth-order valence-electron chi connectivity index (χ4n) is 4.59. The molecule has 5 rings (SSSR count). The van der Waals surface area contributed by atoms with E-state index in [1.165, 1.54) is 16.5 Å². The summed E-state index contributed by atoms with van der Waals surface area (Å²) in [4.78, 5) is 18.8. The van der Waals surface area contributed by atoms with Crippen LogP contribution >= 0.6 is 0 Å². The van der Waals surface area contributed by atoms with Crippen LogP contribution in [0.4, 0.5) is 4.79 Å². The van der Waals surface area contributed by atoms with Crippen molar-refractivity contribution in [2.24, 2.45) is 0 Å². The number of nitrogens with one attached hydrogen (secondary N) is 1. The number of para-hydroxylation sites is 1. The van der Waals surface area contributed by atoms with Gasteiger partial charge >= 0.3 is 6.09 Å². The highest BCUT2D eigenvalue weighted by Crippen LogP contribution is 2.40. The van der Waals surface area contributed by atoms with Gasteiger partial charge in [-0.25, -0.2) is 4.79 Å². The zero-order valence-electron chi connectivity index (χ0n) is 18.9. The lowest BCUT2D eigenvalue weighted by Gasteiger charge is -2.35. The highest BCUT2D eigenvalue weighted by Gasteiger charge is 2.35. The molecule has 0 spiro atoms. The van der Waals surface area contributed by atoms with E-state index in [1.54, 1.807) is 43.4 Å². The molecule has 0 saturated heterocycles. The van der Waals surface area contributed by atoms with Gasteiger partial charge in [-0.05, 0) is 66.4 Å². The molecule has 1 atom stereocenters. The Labute approximate surface area is 192 Å². The molecule has 1 aromatic heterocycles. The molecular weight excluding hydrogens is 416 g/mol. The van der Waals surface area contributed by atoms with Crippen LogP contribution in [-0.4, -0.2) is 36.7 Å². The number of amides is 1. The summed E-state index contributed by atoms with van der Waals surface area (Å²) in [6.45, 7) is 2.65. The van der Waals surface area contributed by atoms with E-state index in [0.717, 1.165) is 28.9 Å². The number of hydrogen-bond acceptors (Lipinski definition) is 4. The molecule has 33 heavy (non-hydrogen) atoms. The Hall–Kier alpha value is -3.93. The van der Waals surface area contributed by atoms with Crippen molar-refractivity contribution in [1.82, 2.24) is 9.88 Å². The molecule has 6 nitrogen and oxygen atoms in total. The highest BCUT2D eigenvalue weighted by atomic mass is 16.6. The maximum Gasteiger partial charge on any atom is 0.416 e. The van der Waals surface area contributed by atoms with Crippen LogP contribution in [-0.2, 0) is 6.42 Å². The average Bonchev–Trinajstić information content (AvgIpc) is 3.24. The van der Waals surface area contributed by atoms with E-state index >= 15 is 0 Å². The van der Waals surface area contributed by atoms with E-state index in [2.05, 4.69) is 30.1 Å². The van der Waals surface area contributed by atoms with E-state index in [-0.39, 0.29) is 12.1 Å². The summed E-state index contributed by atoms with van der Waals surface area (Å²) in [7, 11) is 3.25. The quantitative estimate of drug-likeness (QED) is 0.444. The zero-order valence-corrected chi connectivity index (χ0v) is 18.9. The fourth-order valence-corrected chi connectivity index (χ4v) is 4.59. The van der Waals surface area contributed by atoms with Gasteiger partial charge in [-0.15, -0.1) is 0 Å². The van der Waals surface area contributed by atoms with Gasteiger partial charge < -0.3 is 19.2 Å². The molecule has 6 heteroatoms. The molecule has 0 bridgehead atoms. The van der Waals surface area contributed by atoms with E-state index in [9.17, 15) is 4.79 Å². The molecular formula is C27H26N2O4. The normalized spacial score (nSPS) is 15.2. The molecule has 0 radical (unpaired) electrons. The molecule has 3 aromatic carbocycles. The summed E-state index contributed by atoms with van der Waals surface area (Å²) in [6, 6.07) is 20.9. The third kappa shape index (κ3) is 3.78. The van der Waals surface area contributed by atoms with Crippen molar-refractivity contribution in [2.75, 3.05) is 20.8 Å². The van der Waals surface area contributed by atoms with Crippen molar-refractivity contribution in [3.05, 3.63) is 89.1 Å². The second-order valence-corrected chi connectivity index (χ2v) is 8.18. The first kappa shape index (κ1) is 20.9. The molecule has 168 valence electrons. The van der Waals surface area contributed by atoms with Crippen LogP contribution in [0.2, 0.25) is 0 Å². The number of carbonyl (C=O) groups is 1. The van der Waals surface area contributed by atoms with E-state index < -0.39 is 0 Å². The molecule has 1 N–H and O–H groups in total. The number of H-pyrrole nitrogens is 1. The maximum absolute atomic E-state index is 13.4. The maximum atomic E-state index is 13.4. The van der Waals surface area contributed by atoms with Gasteiger partial charge in [-0.3, -0.25) is 4.90 Å². The number of methoxy groups -OCH3 is 2. The number of carbonyl (C=O) groups excluding carboxylic acids is 1. The topological polar surface area (TPSA) is 63.8 Å². The Morgan fingerprint density at radius 2 is 1.55 bits per heavy atom. The predicted octanol–water partition coefficient (Wildman–Crippen LogP) is 5.64. The van der Waals surface area contributed by atoms with Gasteiger partial charge in [0.1, 0.15) is 23.3 Å². The van der Waals surface area contributed by atoms with Gasteiger partial charge in [0.2, 0.25) is 0 Å². The summed E-state index contributed by atoms with van der Waals surface area (Å²) < 4.78 is 16.3. The molecule has 2 heterocycles. The van der Waals surface area contributed by atoms with Gasteiger partial charge in [0.05, 0.1) is 14.2 Å². The molecule has 1 aliphatic rings. The van der Waals surface area contributed by atoms with Gasteiger partial charge in [0.15, 0.2) is 0 Å². The molecule has 0 fully saturated rings. The van der Waals surface area contributed by atoms with Gasteiger partial charge in [0.25, 0.3) is 0 Å². The van der Waals surface area contributed by atoms with Crippen LogP contribution in [0, 0.1) is 6.92 Å². The van der Waals surface area contributed by atoms with Crippen LogP contribution in [0.5, 0.6) is 17.2 Å². The lowest BCUT2D eigenvalue weighted by molar-refractivity contribution is 0.135. The summed E-state index contributed by atoms with van der Waals surface area (Å²) in [5.41, 5.74) is 5.58. The highest BCUT2D eigenvalue weighted by molar-refractivity contribution is 5.88. The van der Waals surface area contributed by atoms with Gasteiger partial charge in [-0.1, -0.05) is 30.3 Å². The summed E-state index contributed by atoms with van der Waals surface area (Å²) >= 11 is 0. The lowest BCUT2D eigenvalue weighted by atomic mass is 9.92. The minimum absolute atomic E-state index is 0.294. The minimum Gasteiger partial charge on any atom is -0.497 e. The number of ether oxygens (including phenoxy) is 3. The van der Waals surface area contributed by atoms with Crippen molar-refractivity contribution in [3.63, 3.8) is 0 Å². The third-order valence-electron chi connectivity index (χ3n) is 6.30. The monoisotopic (exact) mass is 442 g/mol. The van der Waals surface area contributed by atoms with Crippen molar-refractivity contribution < 1.29 is 19.0 Å². The standard InChI is InChI=1S/C27H26N2O4/c1-17-5-4-6-22-23-15-16-29(27(30)33-21-13-11-20(32-3)12-14-21)26(25(23)28-24(17)22)18-7-9-19(31-2)10-8-18/h4-14,26,28H,15-16H2,1-3H3. The van der Waals surface area contributed by atoms with Crippen LogP contribution in [0.1, 0.15) is 28.4 Å². The zero-order chi connectivity index (χ0) is 22.9. The van der Waals surface area contributed by atoms with E-state index in [0.29, 0.717) is 18.0 Å².